The lowest BCUT2D eigenvalue weighted by Gasteiger charge is -2.28. The highest BCUT2D eigenvalue weighted by atomic mass is 32.1. The maximum atomic E-state index is 11.2. The van der Waals surface area contributed by atoms with Gasteiger partial charge in [0.25, 0.3) is 0 Å². The average Bonchev–Trinajstić information content (AvgIpc) is 2.85. The van der Waals surface area contributed by atoms with Crippen molar-refractivity contribution < 1.29 is 4.92 Å². The molecule has 19 heavy (non-hydrogen) atoms. The van der Waals surface area contributed by atoms with Crippen LogP contribution in [0.25, 0.3) is 0 Å². The van der Waals surface area contributed by atoms with Crippen molar-refractivity contribution in [2.24, 2.45) is 0 Å². The molecule has 1 aliphatic heterocycles. The number of rotatable bonds is 2. The van der Waals surface area contributed by atoms with E-state index in [1.165, 1.54) is 10.4 Å². The molecule has 0 radical (unpaired) electrons. The molecule has 2 heterocycles. The topological polar surface area (TPSA) is 72.4 Å². The van der Waals surface area contributed by atoms with E-state index in [1.807, 2.05) is 4.90 Å². The molecule has 0 saturated heterocycles. The second-order valence-electron chi connectivity index (χ2n) is 4.51. The Labute approximate surface area is 114 Å². The fourth-order valence-electron chi connectivity index (χ4n) is 2.46. The van der Waals surface area contributed by atoms with Crippen molar-refractivity contribution >= 4 is 28.4 Å². The van der Waals surface area contributed by atoms with Crippen molar-refractivity contribution in [2.75, 3.05) is 17.2 Å². The fourth-order valence-corrected chi connectivity index (χ4v) is 3.35. The number of nitrogen functional groups attached to an aromatic ring is 1. The molecule has 2 aromatic rings. The summed E-state index contributed by atoms with van der Waals surface area (Å²) in [6.45, 7) is 1.50. The van der Waals surface area contributed by atoms with E-state index >= 15 is 0 Å². The summed E-state index contributed by atoms with van der Waals surface area (Å²) < 4.78 is 0. The summed E-state index contributed by atoms with van der Waals surface area (Å²) in [6, 6.07) is 7.19. The molecule has 0 unspecified atom stereocenters. The molecule has 5 nitrogen and oxygen atoms in total. The minimum atomic E-state index is -0.395. The van der Waals surface area contributed by atoms with Crippen LogP contribution in [-0.2, 0) is 13.0 Å². The zero-order chi connectivity index (χ0) is 13.4. The number of nitrogens with zero attached hydrogens (tertiary/aromatic N) is 2. The minimum absolute atomic E-state index is 0.0150. The molecular weight excluding hydrogens is 262 g/mol. The largest absolute Gasteiger partial charge is 0.393 e. The Balaban J connectivity index is 2.00. The Bertz CT molecular complexity index is 639. The number of thiophene rings is 1. The molecule has 98 valence electrons. The van der Waals surface area contributed by atoms with Crippen molar-refractivity contribution in [3.8, 4) is 0 Å². The molecule has 0 aliphatic carbocycles. The molecule has 0 bridgehead atoms. The smallest absolute Gasteiger partial charge is 0.315 e. The van der Waals surface area contributed by atoms with Crippen LogP contribution in [-0.4, -0.2) is 11.5 Å². The molecule has 2 N–H and O–H groups in total. The summed E-state index contributed by atoms with van der Waals surface area (Å²) in [7, 11) is 0. The molecule has 1 aromatic heterocycles. The molecule has 1 aromatic carbocycles. The molecule has 1 aliphatic rings. The van der Waals surface area contributed by atoms with Crippen molar-refractivity contribution in [1.82, 2.24) is 0 Å². The van der Waals surface area contributed by atoms with Gasteiger partial charge in [-0.3, -0.25) is 10.1 Å². The molecule has 0 spiro atoms. The SMILES string of the molecule is Nc1cccc(N2CCc3sccc3C2)c1[N+](=O)[O-]. The molecule has 3 rings (SSSR count). The molecule has 0 atom stereocenters. The van der Waals surface area contributed by atoms with Gasteiger partial charge in [0.15, 0.2) is 0 Å². The fraction of sp³-hybridized carbons (Fsp3) is 0.231. The lowest BCUT2D eigenvalue weighted by Crippen LogP contribution is -2.30. The first-order valence-electron chi connectivity index (χ1n) is 6.00. The Morgan fingerprint density at radius 1 is 1.37 bits per heavy atom. The van der Waals surface area contributed by atoms with Crippen LogP contribution in [0.5, 0.6) is 0 Å². The van der Waals surface area contributed by atoms with Crippen LogP contribution < -0.4 is 10.6 Å². The number of anilines is 2. The van der Waals surface area contributed by atoms with Gasteiger partial charge in [0.2, 0.25) is 0 Å². The van der Waals surface area contributed by atoms with E-state index in [0.29, 0.717) is 12.2 Å². The van der Waals surface area contributed by atoms with E-state index < -0.39 is 4.92 Å². The van der Waals surface area contributed by atoms with Gasteiger partial charge >= 0.3 is 5.69 Å². The van der Waals surface area contributed by atoms with Gasteiger partial charge in [0.1, 0.15) is 11.4 Å². The number of hydrogen-bond acceptors (Lipinski definition) is 5. The van der Waals surface area contributed by atoms with Gasteiger partial charge < -0.3 is 10.6 Å². The second-order valence-corrected chi connectivity index (χ2v) is 5.51. The third-order valence-corrected chi connectivity index (χ3v) is 4.40. The normalized spacial score (nSPS) is 14.2. The van der Waals surface area contributed by atoms with E-state index in [0.717, 1.165) is 13.0 Å². The zero-order valence-electron chi connectivity index (χ0n) is 10.2. The lowest BCUT2D eigenvalue weighted by molar-refractivity contribution is -0.383. The number of benzene rings is 1. The summed E-state index contributed by atoms with van der Waals surface area (Å²) in [5.74, 6) is 0. The number of fused-ring (bicyclic) bond motifs is 1. The van der Waals surface area contributed by atoms with Crippen LogP contribution in [0.4, 0.5) is 17.1 Å². The van der Waals surface area contributed by atoms with Gasteiger partial charge in [0.05, 0.1) is 4.92 Å². The predicted octanol–water partition coefficient (Wildman–Crippen LogP) is 2.80. The number of hydrogen-bond donors (Lipinski definition) is 1. The number of nitrogens with two attached hydrogens (primary N) is 1. The van der Waals surface area contributed by atoms with Gasteiger partial charge in [-0.25, -0.2) is 0 Å². The number of nitro groups is 1. The van der Waals surface area contributed by atoms with Crippen LogP contribution in [0.15, 0.2) is 29.6 Å². The summed E-state index contributed by atoms with van der Waals surface area (Å²) in [4.78, 5) is 14.2. The predicted molar refractivity (Wildman–Crippen MR) is 76.6 cm³/mol. The zero-order valence-corrected chi connectivity index (χ0v) is 11.0. The van der Waals surface area contributed by atoms with E-state index in [1.54, 1.807) is 29.5 Å². The van der Waals surface area contributed by atoms with Gasteiger partial charge in [0, 0.05) is 18.0 Å². The van der Waals surface area contributed by atoms with Gasteiger partial charge in [-0.15, -0.1) is 11.3 Å². The monoisotopic (exact) mass is 275 g/mol. The first-order chi connectivity index (χ1) is 9.16. The summed E-state index contributed by atoms with van der Waals surface area (Å²) in [6.07, 6.45) is 0.930. The van der Waals surface area contributed by atoms with E-state index in [9.17, 15) is 10.1 Å². The highest BCUT2D eigenvalue weighted by molar-refractivity contribution is 7.10. The van der Waals surface area contributed by atoms with Crippen molar-refractivity contribution in [2.45, 2.75) is 13.0 Å². The second kappa shape index (κ2) is 4.55. The van der Waals surface area contributed by atoms with Crippen LogP contribution >= 0.6 is 11.3 Å². The highest BCUT2D eigenvalue weighted by Gasteiger charge is 2.25. The standard InChI is InChI=1S/C13H13N3O2S/c14-10-2-1-3-11(13(10)16(17)18)15-6-4-12-9(8-15)5-7-19-12/h1-3,5,7H,4,6,8,14H2. The third-order valence-electron chi connectivity index (χ3n) is 3.38. The lowest BCUT2D eigenvalue weighted by atomic mass is 10.1. The van der Waals surface area contributed by atoms with Gasteiger partial charge in [-0.1, -0.05) is 6.07 Å². The van der Waals surface area contributed by atoms with Gasteiger partial charge in [-0.2, -0.15) is 0 Å². The van der Waals surface area contributed by atoms with Gasteiger partial charge in [-0.05, 0) is 35.6 Å². The Morgan fingerprint density at radius 3 is 3.00 bits per heavy atom. The Kier molecular flexibility index (Phi) is 2.87. The Hall–Kier alpha value is -2.08. The molecule has 6 heteroatoms. The molecule has 0 amide bonds. The van der Waals surface area contributed by atoms with Crippen molar-refractivity contribution in [1.29, 1.82) is 0 Å². The first-order valence-corrected chi connectivity index (χ1v) is 6.88. The highest BCUT2D eigenvalue weighted by Crippen LogP contribution is 2.36. The van der Waals surface area contributed by atoms with E-state index in [-0.39, 0.29) is 11.4 Å². The van der Waals surface area contributed by atoms with E-state index in [2.05, 4.69) is 11.4 Å². The average molecular weight is 275 g/mol. The third kappa shape index (κ3) is 2.04. The molecule has 0 fully saturated rings. The van der Waals surface area contributed by atoms with Crippen LogP contribution in [0.1, 0.15) is 10.4 Å². The first kappa shape index (κ1) is 12.0. The van der Waals surface area contributed by atoms with Crippen LogP contribution in [0, 0.1) is 10.1 Å². The maximum Gasteiger partial charge on any atom is 0.315 e. The molecular formula is C13H13N3O2S. The van der Waals surface area contributed by atoms with Crippen LogP contribution in [0.3, 0.4) is 0 Å². The number of para-hydroxylation sites is 1. The quantitative estimate of drug-likeness (QED) is 0.519. The van der Waals surface area contributed by atoms with Crippen molar-refractivity contribution in [3.63, 3.8) is 0 Å². The Morgan fingerprint density at radius 2 is 2.21 bits per heavy atom. The van der Waals surface area contributed by atoms with Crippen molar-refractivity contribution in [3.05, 3.63) is 50.2 Å². The summed E-state index contributed by atoms with van der Waals surface area (Å²) >= 11 is 1.75. The summed E-state index contributed by atoms with van der Waals surface area (Å²) in [5, 5.41) is 13.3. The van der Waals surface area contributed by atoms with E-state index in [4.69, 9.17) is 5.73 Å². The molecule has 0 saturated carbocycles. The van der Waals surface area contributed by atoms with Crippen LogP contribution in [0.2, 0.25) is 0 Å². The minimum Gasteiger partial charge on any atom is -0.393 e. The number of nitro benzene ring substituents is 1. The summed E-state index contributed by atoms with van der Waals surface area (Å²) in [5.41, 5.74) is 7.84. The maximum absolute atomic E-state index is 11.2.